The maximum atomic E-state index is 11.6. The molecule has 4 nitrogen and oxygen atoms in total. The monoisotopic (exact) mass is 198 g/mol. The van der Waals surface area contributed by atoms with E-state index in [-0.39, 0.29) is 12.0 Å². The second-order valence-corrected chi connectivity index (χ2v) is 4.60. The summed E-state index contributed by atoms with van der Waals surface area (Å²) < 4.78 is 0. The van der Waals surface area contributed by atoms with E-state index >= 15 is 0 Å². The number of aliphatic hydroxyl groups excluding tert-OH is 1. The maximum Gasteiger partial charge on any atom is 0.239 e. The predicted molar refractivity (Wildman–Crippen MR) is 52.5 cm³/mol. The molecule has 4 heteroatoms. The molecule has 2 rings (SSSR count). The summed E-state index contributed by atoms with van der Waals surface area (Å²) in [7, 11) is 0. The second kappa shape index (κ2) is 3.51. The number of amides is 1. The van der Waals surface area contributed by atoms with Gasteiger partial charge in [-0.25, -0.2) is 0 Å². The smallest absolute Gasteiger partial charge is 0.239 e. The first-order valence-electron chi connectivity index (χ1n) is 5.32. The van der Waals surface area contributed by atoms with Gasteiger partial charge in [0.2, 0.25) is 5.91 Å². The van der Waals surface area contributed by atoms with Crippen LogP contribution >= 0.6 is 0 Å². The van der Waals surface area contributed by atoms with E-state index in [9.17, 15) is 9.90 Å². The zero-order chi connectivity index (χ0) is 10.3. The highest BCUT2D eigenvalue weighted by Gasteiger charge is 2.43. The number of hydrogen-bond acceptors (Lipinski definition) is 3. The lowest BCUT2D eigenvalue weighted by Gasteiger charge is -2.20. The summed E-state index contributed by atoms with van der Waals surface area (Å²) in [5.74, 6) is 0.831. The zero-order valence-corrected chi connectivity index (χ0v) is 8.52. The fraction of sp³-hybridized carbons (Fsp3) is 0.900. The Morgan fingerprint density at radius 3 is 2.79 bits per heavy atom. The van der Waals surface area contributed by atoms with E-state index in [1.807, 2.05) is 4.90 Å². The molecule has 1 aliphatic carbocycles. The fourth-order valence-corrected chi connectivity index (χ4v) is 2.70. The number of fused-ring (bicyclic) bond motifs is 1. The van der Waals surface area contributed by atoms with Gasteiger partial charge in [0.25, 0.3) is 0 Å². The number of hydrogen-bond donors (Lipinski definition) is 2. The van der Waals surface area contributed by atoms with Crippen molar-refractivity contribution in [3.63, 3.8) is 0 Å². The first-order valence-corrected chi connectivity index (χ1v) is 5.32. The zero-order valence-electron chi connectivity index (χ0n) is 8.52. The van der Waals surface area contributed by atoms with Gasteiger partial charge >= 0.3 is 0 Å². The number of nitrogens with two attached hydrogens (primary N) is 1. The third kappa shape index (κ3) is 1.53. The van der Waals surface area contributed by atoms with E-state index in [0.29, 0.717) is 18.4 Å². The van der Waals surface area contributed by atoms with Crippen LogP contribution in [0.1, 0.15) is 19.8 Å². The highest BCUT2D eigenvalue weighted by Crippen LogP contribution is 2.38. The van der Waals surface area contributed by atoms with Gasteiger partial charge in [0.15, 0.2) is 0 Å². The van der Waals surface area contributed by atoms with Crippen LogP contribution in [0, 0.1) is 11.8 Å². The molecule has 0 aromatic rings. The third-order valence-corrected chi connectivity index (χ3v) is 3.52. The summed E-state index contributed by atoms with van der Waals surface area (Å²) in [5.41, 5.74) is 5.55. The van der Waals surface area contributed by atoms with Crippen molar-refractivity contribution in [1.82, 2.24) is 4.90 Å². The standard InChI is InChI=1S/C10H18N2O2/c1-6(11)10(14)12-4-7-2-3-9(13)8(7)5-12/h6-9,13H,2-5,11H2,1H3/t6-,7?,8?,9?/m0/s1. The Balaban J connectivity index is 1.98. The van der Waals surface area contributed by atoms with Gasteiger partial charge in [-0.3, -0.25) is 4.79 Å². The Hall–Kier alpha value is -0.610. The van der Waals surface area contributed by atoms with Crippen molar-refractivity contribution in [3.05, 3.63) is 0 Å². The Morgan fingerprint density at radius 1 is 1.50 bits per heavy atom. The van der Waals surface area contributed by atoms with Crippen LogP contribution in [-0.2, 0) is 4.79 Å². The van der Waals surface area contributed by atoms with Crippen LogP contribution in [-0.4, -0.2) is 41.1 Å². The molecular weight excluding hydrogens is 180 g/mol. The van der Waals surface area contributed by atoms with E-state index in [1.54, 1.807) is 6.92 Å². The highest BCUT2D eigenvalue weighted by atomic mass is 16.3. The van der Waals surface area contributed by atoms with Crippen LogP contribution in [0.3, 0.4) is 0 Å². The molecule has 80 valence electrons. The van der Waals surface area contributed by atoms with Crippen LogP contribution in [0.4, 0.5) is 0 Å². The second-order valence-electron chi connectivity index (χ2n) is 4.60. The van der Waals surface area contributed by atoms with Crippen molar-refractivity contribution in [2.24, 2.45) is 17.6 Å². The maximum absolute atomic E-state index is 11.6. The number of nitrogens with zero attached hydrogens (tertiary/aromatic N) is 1. The number of aliphatic hydroxyl groups is 1. The average molecular weight is 198 g/mol. The molecule has 4 atom stereocenters. The topological polar surface area (TPSA) is 66.6 Å². The molecule has 0 bridgehead atoms. The molecule has 0 radical (unpaired) electrons. The van der Waals surface area contributed by atoms with Gasteiger partial charge in [-0.15, -0.1) is 0 Å². The molecule has 14 heavy (non-hydrogen) atoms. The number of carbonyl (C=O) groups is 1. The highest BCUT2D eigenvalue weighted by molar-refractivity contribution is 5.81. The van der Waals surface area contributed by atoms with Gasteiger partial charge < -0.3 is 15.7 Å². The lowest BCUT2D eigenvalue weighted by Crippen LogP contribution is -2.41. The van der Waals surface area contributed by atoms with Crippen molar-refractivity contribution < 1.29 is 9.90 Å². The number of rotatable bonds is 1. The molecule has 3 N–H and O–H groups in total. The quantitative estimate of drug-likeness (QED) is 0.600. The van der Waals surface area contributed by atoms with E-state index in [2.05, 4.69) is 0 Å². The predicted octanol–water partition coefficient (Wildman–Crippen LogP) is -0.437. The number of likely N-dealkylation sites (tertiary alicyclic amines) is 1. The SMILES string of the molecule is C[C@H](N)C(=O)N1CC2CCC(O)C2C1. The van der Waals surface area contributed by atoms with Gasteiger partial charge in [0, 0.05) is 19.0 Å². The first kappa shape index (κ1) is 9.93. The van der Waals surface area contributed by atoms with Gasteiger partial charge in [-0.2, -0.15) is 0 Å². The van der Waals surface area contributed by atoms with Crippen molar-refractivity contribution in [1.29, 1.82) is 0 Å². The van der Waals surface area contributed by atoms with Gasteiger partial charge in [0.05, 0.1) is 12.1 Å². The lowest BCUT2D eigenvalue weighted by molar-refractivity contribution is -0.131. The van der Waals surface area contributed by atoms with Gasteiger partial charge in [-0.05, 0) is 25.7 Å². The third-order valence-electron chi connectivity index (χ3n) is 3.52. The Labute approximate surface area is 84.1 Å². The largest absolute Gasteiger partial charge is 0.393 e. The molecule has 1 amide bonds. The van der Waals surface area contributed by atoms with Crippen LogP contribution in [0.25, 0.3) is 0 Å². The summed E-state index contributed by atoms with van der Waals surface area (Å²) in [5, 5.41) is 9.67. The molecular formula is C10H18N2O2. The van der Waals surface area contributed by atoms with E-state index in [4.69, 9.17) is 5.73 Å². The van der Waals surface area contributed by atoms with Crippen LogP contribution in [0.5, 0.6) is 0 Å². The summed E-state index contributed by atoms with van der Waals surface area (Å²) in [6.07, 6.45) is 1.75. The van der Waals surface area contributed by atoms with E-state index in [0.717, 1.165) is 19.4 Å². The van der Waals surface area contributed by atoms with Crippen LogP contribution in [0.2, 0.25) is 0 Å². The average Bonchev–Trinajstić information content (AvgIpc) is 2.67. The molecule has 1 saturated heterocycles. The molecule has 1 aliphatic heterocycles. The van der Waals surface area contributed by atoms with Crippen molar-refractivity contribution in [2.45, 2.75) is 31.9 Å². The van der Waals surface area contributed by atoms with Crippen molar-refractivity contribution >= 4 is 5.91 Å². The summed E-state index contributed by atoms with van der Waals surface area (Å²) in [4.78, 5) is 13.4. The minimum atomic E-state index is -0.411. The molecule has 1 heterocycles. The molecule has 3 unspecified atom stereocenters. The summed E-state index contributed by atoms with van der Waals surface area (Å²) in [6, 6.07) is -0.411. The van der Waals surface area contributed by atoms with Crippen LogP contribution in [0.15, 0.2) is 0 Å². The minimum absolute atomic E-state index is 0.0200. The van der Waals surface area contributed by atoms with Crippen molar-refractivity contribution in [2.75, 3.05) is 13.1 Å². The van der Waals surface area contributed by atoms with Crippen LogP contribution < -0.4 is 5.73 Å². The fourth-order valence-electron chi connectivity index (χ4n) is 2.70. The first-order chi connectivity index (χ1) is 6.59. The van der Waals surface area contributed by atoms with Gasteiger partial charge in [0.1, 0.15) is 0 Å². The minimum Gasteiger partial charge on any atom is -0.393 e. The molecule has 0 aromatic heterocycles. The number of carbonyl (C=O) groups excluding carboxylic acids is 1. The molecule has 0 spiro atoms. The Kier molecular flexibility index (Phi) is 2.49. The lowest BCUT2D eigenvalue weighted by atomic mass is 10.00. The molecule has 2 aliphatic rings. The van der Waals surface area contributed by atoms with Crippen molar-refractivity contribution in [3.8, 4) is 0 Å². The Bertz CT molecular complexity index is 242. The molecule has 1 saturated carbocycles. The molecule has 0 aromatic carbocycles. The summed E-state index contributed by atoms with van der Waals surface area (Å²) >= 11 is 0. The van der Waals surface area contributed by atoms with Gasteiger partial charge in [-0.1, -0.05) is 0 Å². The van der Waals surface area contributed by atoms with E-state index in [1.165, 1.54) is 0 Å². The molecule has 2 fully saturated rings. The normalized spacial score (nSPS) is 38.5. The summed E-state index contributed by atoms with van der Waals surface area (Å²) in [6.45, 7) is 3.21. The van der Waals surface area contributed by atoms with E-state index < -0.39 is 6.04 Å². The Morgan fingerprint density at radius 2 is 2.21 bits per heavy atom.